The van der Waals surface area contributed by atoms with Crippen LogP contribution in [-0.2, 0) is 6.42 Å². The predicted octanol–water partition coefficient (Wildman–Crippen LogP) is 3.37. The molecule has 0 unspecified atom stereocenters. The monoisotopic (exact) mass is 235 g/mol. The van der Waals surface area contributed by atoms with E-state index in [1.54, 1.807) is 7.11 Å². The van der Waals surface area contributed by atoms with Crippen molar-refractivity contribution in [2.45, 2.75) is 52.5 Å². The summed E-state index contributed by atoms with van der Waals surface area (Å²) in [6.45, 7) is 8.40. The van der Waals surface area contributed by atoms with Gasteiger partial charge < -0.3 is 10.5 Å². The minimum atomic E-state index is -0.0775. The second-order valence-electron chi connectivity index (χ2n) is 5.60. The van der Waals surface area contributed by atoms with Gasteiger partial charge in [0.15, 0.2) is 0 Å². The molecule has 96 valence electrons. The number of methoxy groups -OCH3 is 1. The lowest BCUT2D eigenvalue weighted by Gasteiger charge is -2.19. The summed E-state index contributed by atoms with van der Waals surface area (Å²) in [6.07, 6.45) is 3.17. The number of nitrogens with two attached hydrogens (primary N) is 1. The van der Waals surface area contributed by atoms with E-state index >= 15 is 0 Å². The first-order chi connectivity index (χ1) is 7.83. The summed E-state index contributed by atoms with van der Waals surface area (Å²) >= 11 is 0. The summed E-state index contributed by atoms with van der Waals surface area (Å²) in [5.74, 6) is 1.01. The van der Waals surface area contributed by atoms with Gasteiger partial charge in [0, 0.05) is 5.54 Å². The SMILES string of the molecule is COc1cc(C)cc(C)c1CCCC(C)(C)N. The molecule has 0 radical (unpaired) electrons. The molecule has 0 aromatic heterocycles. The molecule has 1 rings (SSSR count). The molecule has 0 aliphatic carbocycles. The third-order valence-electron chi connectivity index (χ3n) is 3.04. The standard InChI is InChI=1S/C15H25NO/c1-11-9-12(2)13(14(10-11)17-5)7-6-8-15(3,4)16/h9-10H,6-8,16H2,1-5H3. The van der Waals surface area contributed by atoms with Crippen molar-refractivity contribution < 1.29 is 4.74 Å². The van der Waals surface area contributed by atoms with Gasteiger partial charge >= 0.3 is 0 Å². The molecule has 0 bridgehead atoms. The molecule has 2 N–H and O–H groups in total. The topological polar surface area (TPSA) is 35.2 Å². The quantitative estimate of drug-likeness (QED) is 0.849. The van der Waals surface area contributed by atoms with Crippen LogP contribution >= 0.6 is 0 Å². The second kappa shape index (κ2) is 5.54. The highest BCUT2D eigenvalue weighted by atomic mass is 16.5. The zero-order chi connectivity index (χ0) is 13.1. The fourth-order valence-electron chi connectivity index (χ4n) is 2.18. The van der Waals surface area contributed by atoms with Crippen LogP contribution in [0.3, 0.4) is 0 Å². The minimum Gasteiger partial charge on any atom is -0.496 e. The van der Waals surface area contributed by atoms with Crippen LogP contribution in [0, 0.1) is 13.8 Å². The van der Waals surface area contributed by atoms with Gasteiger partial charge in [0.25, 0.3) is 0 Å². The molecule has 1 aromatic carbocycles. The number of benzene rings is 1. The average Bonchev–Trinajstić information content (AvgIpc) is 2.18. The van der Waals surface area contributed by atoms with Crippen molar-refractivity contribution in [2.75, 3.05) is 7.11 Å². The third kappa shape index (κ3) is 4.39. The molecule has 1 aromatic rings. The van der Waals surface area contributed by atoms with Crippen molar-refractivity contribution in [1.82, 2.24) is 0 Å². The van der Waals surface area contributed by atoms with Crippen LogP contribution in [-0.4, -0.2) is 12.6 Å². The first-order valence-corrected chi connectivity index (χ1v) is 6.26. The molecule has 0 atom stereocenters. The molecular weight excluding hydrogens is 210 g/mol. The smallest absolute Gasteiger partial charge is 0.122 e. The fourth-order valence-corrected chi connectivity index (χ4v) is 2.18. The molecule has 0 spiro atoms. The van der Waals surface area contributed by atoms with Crippen LogP contribution in [0.2, 0.25) is 0 Å². The lowest BCUT2D eigenvalue weighted by Crippen LogP contribution is -2.31. The van der Waals surface area contributed by atoms with Gasteiger partial charge in [-0.3, -0.25) is 0 Å². The molecule has 0 fully saturated rings. The van der Waals surface area contributed by atoms with E-state index in [0.29, 0.717) is 0 Å². The normalized spacial score (nSPS) is 11.6. The van der Waals surface area contributed by atoms with E-state index in [4.69, 9.17) is 10.5 Å². The van der Waals surface area contributed by atoms with Gasteiger partial charge in [0.05, 0.1) is 7.11 Å². The Morgan fingerprint density at radius 3 is 2.41 bits per heavy atom. The van der Waals surface area contributed by atoms with E-state index in [9.17, 15) is 0 Å². The van der Waals surface area contributed by atoms with Crippen LogP contribution in [0.15, 0.2) is 12.1 Å². The Hall–Kier alpha value is -1.02. The number of hydrogen-bond donors (Lipinski definition) is 1. The largest absolute Gasteiger partial charge is 0.496 e. The Labute approximate surface area is 105 Å². The summed E-state index contributed by atoms with van der Waals surface area (Å²) in [5.41, 5.74) is 9.81. The van der Waals surface area contributed by atoms with Crippen molar-refractivity contribution in [3.8, 4) is 5.75 Å². The first-order valence-electron chi connectivity index (χ1n) is 6.26. The molecule has 2 nitrogen and oxygen atoms in total. The molecule has 0 saturated carbocycles. The molecular formula is C15H25NO. The minimum absolute atomic E-state index is 0.0775. The zero-order valence-electron chi connectivity index (χ0n) is 11.8. The second-order valence-corrected chi connectivity index (χ2v) is 5.60. The predicted molar refractivity (Wildman–Crippen MR) is 73.7 cm³/mol. The van der Waals surface area contributed by atoms with Crippen molar-refractivity contribution in [1.29, 1.82) is 0 Å². The van der Waals surface area contributed by atoms with Crippen molar-refractivity contribution in [2.24, 2.45) is 5.73 Å². The lowest BCUT2D eigenvalue weighted by molar-refractivity contribution is 0.405. The van der Waals surface area contributed by atoms with Crippen molar-refractivity contribution >= 4 is 0 Å². The van der Waals surface area contributed by atoms with E-state index in [1.807, 2.05) is 0 Å². The maximum Gasteiger partial charge on any atom is 0.122 e. The number of rotatable bonds is 5. The van der Waals surface area contributed by atoms with Gasteiger partial charge in [-0.1, -0.05) is 6.07 Å². The molecule has 0 saturated heterocycles. The van der Waals surface area contributed by atoms with Gasteiger partial charge in [0.2, 0.25) is 0 Å². The van der Waals surface area contributed by atoms with E-state index in [0.717, 1.165) is 25.0 Å². The van der Waals surface area contributed by atoms with E-state index in [2.05, 4.69) is 39.8 Å². The Bertz CT molecular complexity index is 377. The third-order valence-corrected chi connectivity index (χ3v) is 3.04. The zero-order valence-corrected chi connectivity index (χ0v) is 11.8. The molecule has 0 heterocycles. The summed E-state index contributed by atoms with van der Waals surface area (Å²) in [7, 11) is 1.74. The van der Waals surface area contributed by atoms with E-state index in [1.165, 1.54) is 16.7 Å². The number of hydrogen-bond acceptors (Lipinski definition) is 2. The molecule has 17 heavy (non-hydrogen) atoms. The summed E-state index contributed by atoms with van der Waals surface area (Å²) < 4.78 is 5.46. The Kier molecular flexibility index (Phi) is 4.58. The summed E-state index contributed by atoms with van der Waals surface area (Å²) in [6, 6.07) is 4.32. The molecule has 0 amide bonds. The van der Waals surface area contributed by atoms with Gasteiger partial charge in [-0.2, -0.15) is 0 Å². The highest BCUT2D eigenvalue weighted by Gasteiger charge is 2.12. The average molecular weight is 235 g/mol. The Balaban J connectivity index is 2.76. The molecule has 0 aliphatic heterocycles. The summed E-state index contributed by atoms with van der Waals surface area (Å²) in [4.78, 5) is 0. The van der Waals surface area contributed by atoms with Crippen LogP contribution in [0.5, 0.6) is 5.75 Å². The van der Waals surface area contributed by atoms with Crippen molar-refractivity contribution in [3.63, 3.8) is 0 Å². The molecule has 0 aliphatic rings. The van der Waals surface area contributed by atoms with Crippen LogP contribution in [0.1, 0.15) is 43.4 Å². The summed E-state index contributed by atoms with van der Waals surface area (Å²) in [5, 5.41) is 0. The maximum atomic E-state index is 6.00. The lowest BCUT2D eigenvalue weighted by atomic mass is 9.94. The highest BCUT2D eigenvalue weighted by Crippen LogP contribution is 2.26. The van der Waals surface area contributed by atoms with E-state index < -0.39 is 0 Å². The fraction of sp³-hybridized carbons (Fsp3) is 0.600. The van der Waals surface area contributed by atoms with Gasteiger partial charge in [0.1, 0.15) is 5.75 Å². The van der Waals surface area contributed by atoms with Crippen molar-refractivity contribution in [3.05, 3.63) is 28.8 Å². The molecule has 2 heteroatoms. The van der Waals surface area contributed by atoms with Crippen LogP contribution in [0.4, 0.5) is 0 Å². The van der Waals surface area contributed by atoms with Crippen LogP contribution in [0.25, 0.3) is 0 Å². The Morgan fingerprint density at radius 1 is 1.24 bits per heavy atom. The highest BCUT2D eigenvalue weighted by molar-refractivity contribution is 5.43. The number of aryl methyl sites for hydroxylation is 2. The van der Waals surface area contributed by atoms with Crippen LogP contribution < -0.4 is 10.5 Å². The maximum absolute atomic E-state index is 6.00. The first kappa shape index (κ1) is 14.0. The number of ether oxygens (including phenoxy) is 1. The van der Waals surface area contributed by atoms with Gasteiger partial charge in [-0.05, 0) is 69.7 Å². The van der Waals surface area contributed by atoms with Gasteiger partial charge in [-0.15, -0.1) is 0 Å². The van der Waals surface area contributed by atoms with Gasteiger partial charge in [-0.25, -0.2) is 0 Å². The Morgan fingerprint density at radius 2 is 1.88 bits per heavy atom. The van der Waals surface area contributed by atoms with E-state index in [-0.39, 0.29) is 5.54 Å².